The van der Waals surface area contributed by atoms with E-state index in [2.05, 4.69) is 4.90 Å². The second kappa shape index (κ2) is 11.0. The largest absolute Gasteiger partial charge is 0.492 e. The van der Waals surface area contributed by atoms with Crippen LogP contribution in [0.15, 0.2) is 83.8 Å². The van der Waals surface area contributed by atoms with Crippen LogP contribution in [0.2, 0.25) is 5.02 Å². The maximum atomic E-state index is 13.0. The molecule has 0 bridgehead atoms. The van der Waals surface area contributed by atoms with Crippen LogP contribution in [0.3, 0.4) is 0 Å². The van der Waals surface area contributed by atoms with Crippen molar-refractivity contribution in [3.05, 3.63) is 95.0 Å². The topological polar surface area (TPSA) is 66.9 Å². The van der Waals surface area contributed by atoms with Crippen LogP contribution in [-0.2, 0) is 15.6 Å². The van der Waals surface area contributed by atoms with Gasteiger partial charge in [0.05, 0.1) is 10.6 Å². The highest BCUT2D eigenvalue weighted by atomic mass is 35.5. The highest BCUT2D eigenvalue weighted by Gasteiger charge is 2.23. The lowest BCUT2D eigenvalue weighted by Crippen LogP contribution is -2.49. The summed E-state index contributed by atoms with van der Waals surface area (Å²) in [5, 5.41) is 0.677. The van der Waals surface area contributed by atoms with Gasteiger partial charge in [0.2, 0.25) is 0 Å². The molecule has 1 amide bonds. The summed E-state index contributed by atoms with van der Waals surface area (Å²) < 4.78 is 31.2. The molecule has 178 valence electrons. The van der Waals surface area contributed by atoms with Gasteiger partial charge < -0.3 is 9.64 Å². The molecular weight excluding hydrogens is 472 g/mol. The second-order valence-corrected chi connectivity index (χ2v) is 10.6. The number of halogens is 1. The summed E-state index contributed by atoms with van der Waals surface area (Å²) in [6, 6.07) is 22.6. The average molecular weight is 499 g/mol. The average Bonchev–Trinajstić information content (AvgIpc) is 2.86. The first-order chi connectivity index (χ1) is 16.4. The Kier molecular flexibility index (Phi) is 7.88. The zero-order valence-electron chi connectivity index (χ0n) is 18.8. The monoisotopic (exact) mass is 498 g/mol. The van der Waals surface area contributed by atoms with Gasteiger partial charge in [-0.3, -0.25) is 9.69 Å². The van der Waals surface area contributed by atoms with Crippen molar-refractivity contribution in [1.82, 2.24) is 9.80 Å². The van der Waals surface area contributed by atoms with Gasteiger partial charge in [0.15, 0.2) is 9.84 Å². The van der Waals surface area contributed by atoms with E-state index in [0.29, 0.717) is 35.8 Å². The van der Waals surface area contributed by atoms with E-state index in [-0.39, 0.29) is 16.6 Å². The predicted octanol–water partition coefficient (Wildman–Crippen LogP) is 4.15. The Balaban J connectivity index is 1.29. The molecular formula is C26H27ClN2O4S. The Bertz CT molecular complexity index is 1210. The lowest BCUT2D eigenvalue weighted by atomic mass is 10.1. The number of rotatable bonds is 8. The van der Waals surface area contributed by atoms with Gasteiger partial charge >= 0.3 is 0 Å². The van der Waals surface area contributed by atoms with E-state index in [9.17, 15) is 13.2 Å². The van der Waals surface area contributed by atoms with Gasteiger partial charge in [-0.2, -0.15) is 0 Å². The van der Waals surface area contributed by atoms with Gasteiger partial charge in [-0.25, -0.2) is 8.42 Å². The Labute approximate surface area is 205 Å². The molecule has 1 fully saturated rings. The highest BCUT2D eigenvalue weighted by molar-refractivity contribution is 7.90. The maximum absolute atomic E-state index is 13.0. The molecule has 1 aliphatic heterocycles. The van der Waals surface area contributed by atoms with Crippen LogP contribution in [0.1, 0.15) is 15.9 Å². The number of sulfone groups is 1. The van der Waals surface area contributed by atoms with Gasteiger partial charge in [0, 0.05) is 43.3 Å². The van der Waals surface area contributed by atoms with Crippen LogP contribution in [0.5, 0.6) is 5.75 Å². The van der Waals surface area contributed by atoms with E-state index in [1.54, 1.807) is 66.7 Å². The third kappa shape index (κ3) is 6.38. The summed E-state index contributed by atoms with van der Waals surface area (Å²) in [6.45, 7) is 4.10. The fourth-order valence-corrected chi connectivity index (χ4v) is 5.39. The molecule has 6 nitrogen and oxygen atoms in total. The number of carbonyl (C=O) groups excluding carboxylic acids is 1. The van der Waals surface area contributed by atoms with Crippen LogP contribution in [-0.4, -0.2) is 63.5 Å². The maximum Gasteiger partial charge on any atom is 0.253 e. The van der Waals surface area contributed by atoms with Crippen molar-refractivity contribution in [3.8, 4) is 5.75 Å². The van der Waals surface area contributed by atoms with Gasteiger partial charge in [0.1, 0.15) is 12.4 Å². The third-order valence-electron chi connectivity index (χ3n) is 5.78. The molecule has 8 heteroatoms. The minimum atomic E-state index is -3.47. The van der Waals surface area contributed by atoms with Crippen molar-refractivity contribution in [1.29, 1.82) is 0 Å². The smallest absolute Gasteiger partial charge is 0.253 e. The van der Waals surface area contributed by atoms with E-state index >= 15 is 0 Å². The standard InChI is InChI=1S/C26H27ClN2O4S/c27-23-9-11-24(12-10-23)33-18-17-28-13-15-29(16-14-28)26(30)22-6-4-5-21(19-22)20-34(31,32)25-7-2-1-3-8-25/h1-12,19H,13-18,20H2. The number of hydrogen-bond acceptors (Lipinski definition) is 5. The fourth-order valence-electron chi connectivity index (χ4n) is 3.91. The zero-order chi connectivity index (χ0) is 24.0. The van der Waals surface area contributed by atoms with E-state index in [1.165, 1.54) is 0 Å². The number of nitrogens with zero attached hydrogens (tertiary/aromatic N) is 2. The van der Waals surface area contributed by atoms with Crippen molar-refractivity contribution in [2.75, 3.05) is 39.3 Å². The van der Waals surface area contributed by atoms with Crippen molar-refractivity contribution in [2.24, 2.45) is 0 Å². The predicted molar refractivity (Wildman–Crippen MR) is 133 cm³/mol. The summed E-state index contributed by atoms with van der Waals surface area (Å²) in [4.78, 5) is 17.4. The Morgan fingerprint density at radius 3 is 2.29 bits per heavy atom. The molecule has 0 atom stereocenters. The molecule has 0 aromatic heterocycles. The van der Waals surface area contributed by atoms with Crippen LogP contribution in [0.4, 0.5) is 0 Å². The van der Waals surface area contributed by atoms with Crippen molar-refractivity contribution in [3.63, 3.8) is 0 Å². The molecule has 1 saturated heterocycles. The van der Waals surface area contributed by atoms with Crippen LogP contribution in [0.25, 0.3) is 0 Å². The summed E-state index contributed by atoms with van der Waals surface area (Å²) in [5.41, 5.74) is 1.12. The summed E-state index contributed by atoms with van der Waals surface area (Å²) in [7, 11) is -3.47. The molecule has 0 aliphatic carbocycles. The minimum Gasteiger partial charge on any atom is -0.492 e. The number of piperazine rings is 1. The lowest BCUT2D eigenvalue weighted by Gasteiger charge is -2.34. The van der Waals surface area contributed by atoms with Crippen molar-refractivity contribution in [2.45, 2.75) is 10.6 Å². The summed E-state index contributed by atoms with van der Waals surface area (Å²) in [5.74, 6) is 0.572. The van der Waals surface area contributed by atoms with Crippen molar-refractivity contribution < 1.29 is 17.9 Å². The van der Waals surface area contributed by atoms with Gasteiger partial charge in [-0.15, -0.1) is 0 Å². The molecule has 3 aromatic carbocycles. The molecule has 0 N–H and O–H groups in total. The van der Waals surface area contributed by atoms with Gasteiger partial charge in [-0.1, -0.05) is 41.9 Å². The second-order valence-electron chi connectivity index (χ2n) is 8.21. The quantitative estimate of drug-likeness (QED) is 0.466. The van der Waals surface area contributed by atoms with Gasteiger partial charge in [-0.05, 0) is 54.1 Å². The number of hydrogen-bond donors (Lipinski definition) is 0. The first kappa shape index (κ1) is 24.3. The Morgan fingerprint density at radius 2 is 1.59 bits per heavy atom. The molecule has 0 radical (unpaired) electrons. The number of amides is 1. The summed E-state index contributed by atoms with van der Waals surface area (Å²) in [6.07, 6.45) is 0. The first-order valence-corrected chi connectivity index (χ1v) is 13.2. The normalized spacial score (nSPS) is 14.7. The third-order valence-corrected chi connectivity index (χ3v) is 7.74. The van der Waals surface area contributed by atoms with Crippen LogP contribution in [0, 0.1) is 0 Å². The lowest BCUT2D eigenvalue weighted by molar-refractivity contribution is 0.0620. The molecule has 34 heavy (non-hydrogen) atoms. The van der Waals surface area contributed by atoms with E-state index in [1.807, 2.05) is 17.0 Å². The molecule has 3 aromatic rings. The summed E-state index contributed by atoms with van der Waals surface area (Å²) >= 11 is 5.89. The molecule has 1 aliphatic rings. The molecule has 0 unspecified atom stereocenters. The van der Waals surface area contributed by atoms with E-state index in [0.717, 1.165) is 25.4 Å². The van der Waals surface area contributed by atoms with Crippen LogP contribution < -0.4 is 4.74 Å². The molecule has 0 spiro atoms. The SMILES string of the molecule is O=C(c1cccc(CS(=O)(=O)c2ccccc2)c1)N1CCN(CCOc2ccc(Cl)cc2)CC1. The van der Waals surface area contributed by atoms with E-state index < -0.39 is 9.84 Å². The minimum absolute atomic E-state index is 0.0731. The number of ether oxygens (including phenoxy) is 1. The van der Waals surface area contributed by atoms with E-state index in [4.69, 9.17) is 16.3 Å². The van der Waals surface area contributed by atoms with Gasteiger partial charge in [0.25, 0.3) is 5.91 Å². The Hall–Kier alpha value is -2.87. The number of benzene rings is 3. The van der Waals surface area contributed by atoms with Crippen LogP contribution >= 0.6 is 11.6 Å². The fraction of sp³-hybridized carbons (Fsp3) is 0.269. The molecule has 0 saturated carbocycles. The number of carbonyl (C=O) groups is 1. The first-order valence-electron chi connectivity index (χ1n) is 11.2. The highest BCUT2D eigenvalue weighted by Crippen LogP contribution is 2.19. The molecule has 4 rings (SSSR count). The molecule has 1 heterocycles. The van der Waals surface area contributed by atoms with Crippen molar-refractivity contribution >= 4 is 27.3 Å². The zero-order valence-corrected chi connectivity index (χ0v) is 20.3. The Morgan fingerprint density at radius 1 is 0.882 bits per heavy atom.